The number of anilines is 1. The molecule has 3 heterocycles. The Balaban J connectivity index is 1.45. The molecule has 0 unspecified atom stereocenters. The molecule has 1 aliphatic heterocycles. The van der Waals surface area contributed by atoms with E-state index in [1.807, 2.05) is 24.3 Å². The number of hydrogen-bond acceptors (Lipinski definition) is 7. The highest BCUT2D eigenvalue weighted by atomic mass is 32.1. The Morgan fingerprint density at radius 1 is 1.32 bits per heavy atom. The summed E-state index contributed by atoms with van der Waals surface area (Å²) in [5.41, 5.74) is 1.14. The van der Waals surface area contributed by atoms with Gasteiger partial charge in [0.2, 0.25) is 5.91 Å². The van der Waals surface area contributed by atoms with Gasteiger partial charge in [-0.3, -0.25) is 14.2 Å². The Kier molecular flexibility index (Phi) is 5.25. The van der Waals surface area contributed by atoms with Crippen LogP contribution in [0.25, 0.3) is 10.3 Å². The summed E-state index contributed by atoms with van der Waals surface area (Å²) in [5.74, 6) is 0.479. The third-order valence-corrected chi connectivity index (χ3v) is 5.78. The fourth-order valence-electron chi connectivity index (χ4n) is 3.19. The van der Waals surface area contributed by atoms with Gasteiger partial charge in [0.25, 0.3) is 5.56 Å². The number of ether oxygens (including phenoxy) is 1. The highest BCUT2D eigenvalue weighted by Gasteiger charge is 2.19. The summed E-state index contributed by atoms with van der Waals surface area (Å²) in [4.78, 5) is 35.9. The van der Waals surface area contributed by atoms with Crippen LogP contribution in [0, 0.1) is 0 Å². The largest absolute Gasteiger partial charge is 0.497 e. The SMILES string of the molecule is COc1cccc(CNC(=O)Cn2cnc3nc(N4CCCC4)sc3c2=O)c1. The quantitative estimate of drug-likeness (QED) is 0.680. The van der Waals surface area contributed by atoms with E-state index in [1.165, 1.54) is 22.2 Å². The molecule has 0 bridgehead atoms. The number of benzene rings is 1. The second-order valence-electron chi connectivity index (χ2n) is 6.65. The van der Waals surface area contributed by atoms with Gasteiger partial charge in [0.05, 0.1) is 7.11 Å². The molecule has 146 valence electrons. The van der Waals surface area contributed by atoms with Gasteiger partial charge in [0.1, 0.15) is 23.3 Å². The molecule has 1 fully saturated rings. The highest BCUT2D eigenvalue weighted by Crippen LogP contribution is 2.27. The van der Waals surface area contributed by atoms with Crippen LogP contribution in [0.15, 0.2) is 35.4 Å². The first-order valence-corrected chi connectivity index (χ1v) is 9.96. The van der Waals surface area contributed by atoms with Crippen molar-refractivity contribution < 1.29 is 9.53 Å². The lowest BCUT2D eigenvalue weighted by Crippen LogP contribution is -2.31. The molecule has 4 rings (SSSR count). The molecule has 0 spiro atoms. The number of carbonyl (C=O) groups excluding carboxylic acids is 1. The van der Waals surface area contributed by atoms with E-state index in [0.29, 0.717) is 16.9 Å². The van der Waals surface area contributed by atoms with Crippen LogP contribution >= 0.6 is 11.3 Å². The Morgan fingerprint density at radius 2 is 2.14 bits per heavy atom. The number of nitrogens with one attached hydrogen (secondary N) is 1. The number of aromatic nitrogens is 3. The van der Waals surface area contributed by atoms with Crippen molar-refractivity contribution in [3.8, 4) is 5.75 Å². The molecule has 0 aliphatic carbocycles. The van der Waals surface area contributed by atoms with Crippen LogP contribution < -0.4 is 20.5 Å². The van der Waals surface area contributed by atoms with Gasteiger partial charge < -0.3 is 15.0 Å². The summed E-state index contributed by atoms with van der Waals surface area (Å²) in [6, 6.07) is 7.47. The zero-order valence-electron chi connectivity index (χ0n) is 15.6. The van der Waals surface area contributed by atoms with Crippen molar-refractivity contribution in [2.24, 2.45) is 0 Å². The van der Waals surface area contributed by atoms with Crippen molar-refractivity contribution in [3.05, 3.63) is 46.5 Å². The second-order valence-corrected chi connectivity index (χ2v) is 7.63. The van der Waals surface area contributed by atoms with Gasteiger partial charge in [-0.2, -0.15) is 4.98 Å². The summed E-state index contributed by atoms with van der Waals surface area (Å²) in [6.07, 6.45) is 3.67. The molecule has 9 heteroatoms. The number of methoxy groups -OCH3 is 1. The normalized spacial score (nSPS) is 13.8. The molecule has 1 amide bonds. The Morgan fingerprint density at radius 3 is 2.93 bits per heavy atom. The zero-order valence-corrected chi connectivity index (χ0v) is 16.4. The Labute approximate surface area is 165 Å². The minimum atomic E-state index is -0.254. The number of amides is 1. The molecule has 1 aromatic carbocycles. The second kappa shape index (κ2) is 7.97. The molecule has 1 saturated heterocycles. The van der Waals surface area contributed by atoms with Crippen LogP contribution in [0.2, 0.25) is 0 Å². The number of hydrogen-bond donors (Lipinski definition) is 1. The lowest BCUT2D eigenvalue weighted by Gasteiger charge is -2.11. The molecule has 8 nitrogen and oxygen atoms in total. The van der Waals surface area contributed by atoms with Gasteiger partial charge in [0, 0.05) is 19.6 Å². The van der Waals surface area contributed by atoms with Crippen LogP contribution in [-0.4, -0.2) is 40.6 Å². The van der Waals surface area contributed by atoms with Gasteiger partial charge in [-0.25, -0.2) is 4.98 Å². The minimum absolute atomic E-state index is 0.0807. The molecule has 0 radical (unpaired) electrons. The summed E-state index contributed by atoms with van der Waals surface area (Å²) in [7, 11) is 1.60. The van der Waals surface area contributed by atoms with Gasteiger partial charge >= 0.3 is 0 Å². The lowest BCUT2D eigenvalue weighted by atomic mass is 10.2. The average Bonchev–Trinajstić information content (AvgIpc) is 3.38. The molecule has 1 aliphatic rings. The summed E-state index contributed by atoms with van der Waals surface area (Å²) >= 11 is 1.35. The fraction of sp³-hybridized carbons (Fsp3) is 0.368. The first kappa shape index (κ1) is 18.4. The molecule has 28 heavy (non-hydrogen) atoms. The van der Waals surface area contributed by atoms with Crippen molar-refractivity contribution in [1.29, 1.82) is 0 Å². The topological polar surface area (TPSA) is 89.3 Å². The van der Waals surface area contributed by atoms with E-state index in [-0.39, 0.29) is 18.0 Å². The molecule has 0 saturated carbocycles. The zero-order chi connectivity index (χ0) is 19.5. The molecular formula is C19H21N5O3S. The molecule has 3 aromatic rings. The van der Waals surface area contributed by atoms with Crippen molar-refractivity contribution in [1.82, 2.24) is 19.9 Å². The summed E-state index contributed by atoms with van der Waals surface area (Å²) < 4.78 is 7.00. The van der Waals surface area contributed by atoms with Crippen molar-refractivity contribution >= 4 is 32.7 Å². The van der Waals surface area contributed by atoms with E-state index in [1.54, 1.807) is 7.11 Å². The van der Waals surface area contributed by atoms with Crippen LogP contribution in [-0.2, 0) is 17.9 Å². The first-order valence-electron chi connectivity index (χ1n) is 9.14. The van der Waals surface area contributed by atoms with Crippen LogP contribution in [0.1, 0.15) is 18.4 Å². The van der Waals surface area contributed by atoms with Crippen molar-refractivity contribution in [2.45, 2.75) is 25.9 Å². The van der Waals surface area contributed by atoms with E-state index in [2.05, 4.69) is 20.2 Å². The number of carbonyl (C=O) groups is 1. The maximum atomic E-state index is 12.7. The van der Waals surface area contributed by atoms with Crippen LogP contribution in [0.5, 0.6) is 5.75 Å². The maximum Gasteiger partial charge on any atom is 0.273 e. The summed E-state index contributed by atoms with van der Waals surface area (Å²) in [5, 5.41) is 3.65. The van der Waals surface area contributed by atoms with Gasteiger partial charge in [-0.15, -0.1) is 0 Å². The number of rotatable bonds is 6. The average molecular weight is 399 g/mol. The van der Waals surface area contributed by atoms with Crippen LogP contribution in [0.4, 0.5) is 5.13 Å². The van der Waals surface area contributed by atoms with E-state index >= 15 is 0 Å². The number of thiazole rings is 1. The smallest absolute Gasteiger partial charge is 0.273 e. The number of fused-ring (bicyclic) bond motifs is 1. The van der Waals surface area contributed by atoms with Crippen LogP contribution in [0.3, 0.4) is 0 Å². The third kappa shape index (κ3) is 3.84. The lowest BCUT2D eigenvalue weighted by molar-refractivity contribution is -0.121. The van der Waals surface area contributed by atoms with E-state index in [0.717, 1.165) is 42.4 Å². The third-order valence-electron chi connectivity index (χ3n) is 4.69. The molecular weight excluding hydrogens is 378 g/mol. The highest BCUT2D eigenvalue weighted by molar-refractivity contribution is 7.22. The van der Waals surface area contributed by atoms with Gasteiger partial charge in [0.15, 0.2) is 10.8 Å². The minimum Gasteiger partial charge on any atom is -0.497 e. The standard InChI is InChI=1S/C19H21N5O3S/c1-27-14-6-4-5-13(9-14)10-20-15(25)11-24-12-21-17-16(18(24)26)28-19(22-17)23-7-2-3-8-23/h4-6,9,12H,2-3,7-8,10-11H2,1H3,(H,20,25). The van der Waals surface area contributed by atoms with E-state index in [9.17, 15) is 9.59 Å². The number of nitrogens with zero attached hydrogens (tertiary/aromatic N) is 4. The Hall–Kier alpha value is -2.94. The van der Waals surface area contributed by atoms with Crippen molar-refractivity contribution in [2.75, 3.05) is 25.1 Å². The van der Waals surface area contributed by atoms with Gasteiger partial charge in [-0.05, 0) is 30.5 Å². The van der Waals surface area contributed by atoms with Gasteiger partial charge in [-0.1, -0.05) is 23.5 Å². The fourth-order valence-corrected chi connectivity index (χ4v) is 4.21. The van der Waals surface area contributed by atoms with E-state index < -0.39 is 0 Å². The Bertz CT molecular complexity index is 1060. The molecule has 1 N–H and O–H groups in total. The van der Waals surface area contributed by atoms with Crippen molar-refractivity contribution in [3.63, 3.8) is 0 Å². The predicted molar refractivity (Wildman–Crippen MR) is 108 cm³/mol. The molecule has 0 atom stereocenters. The summed E-state index contributed by atoms with van der Waals surface area (Å²) in [6.45, 7) is 2.20. The monoisotopic (exact) mass is 399 g/mol. The maximum absolute atomic E-state index is 12.7. The predicted octanol–water partition coefficient (Wildman–Crippen LogP) is 1.78. The molecule has 2 aromatic heterocycles. The first-order chi connectivity index (χ1) is 13.6. The van der Waals surface area contributed by atoms with E-state index in [4.69, 9.17) is 4.74 Å².